The quantitative estimate of drug-likeness (QED) is 0.737. The van der Waals surface area contributed by atoms with E-state index in [9.17, 15) is 13.2 Å². The number of hydrogen-bond donors (Lipinski definition) is 0. The van der Waals surface area contributed by atoms with E-state index in [1.54, 1.807) is 18.2 Å². The lowest BCUT2D eigenvalue weighted by Gasteiger charge is -2.32. The molecule has 1 aliphatic rings. The second-order valence-electron chi connectivity index (χ2n) is 4.97. The van der Waals surface area contributed by atoms with Crippen LogP contribution in [0.3, 0.4) is 0 Å². The number of Topliss-reactive ketones (excluding diaryl/α,β-unsaturated/α-hetero) is 1. The SMILES string of the molecule is CC1=C(Cl)/C(=N\S(=O)(=O)c2ccccc2)C(Cl)C(C)(Cl)C1=O. The van der Waals surface area contributed by atoms with Gasteiger partial charge < -0.3 is 0 Å². The Morgan fingerprint density at radius 1 is 1.23 bits per heavy atom. The number of ketones is 1. The number of alkyl halides is 2. The predicted octanol–water partition coefficient (Wildman–Crippen LogP) is 3.52. The highest BCUT2D eigenvalue weighted by molar-refractivity contribution is 7.90. The largest absolute Gasteiger partial charge is 0.292 e. The summed E-state index contributed by atoms with van der Waals surface area (Å²) in [5.41, 5.74) is 0.0138. The monoisotopic (exact) mass is 379 g/mol. The molecule has 1 aliphatic carbocycles. The summed E-state index contributed by atoms with van der Waals surface area (Å²) in [6.45, 7) is 2.87. The van der Waals surface area contributed by atoms with Crippen molar-refractivity contribution in [3.63, 3.8) is 0 Å². The van der Waals surface area contributed by atoms with E-state index in [2.05, 4.69) is 4.40 Å². The van der Waals surface area contributed by atoms with Gasteiger partial charge in [0.15, 0.2) is 5.78 Å². The number of carbonyl (C=O) groups is 1. The summed E-state index contributed by atoms with van der Waals surface area (Å²) in [6, 6.07) is 7.64. The van der Waals surface area contributed by atoms with Gasteiger partial charge in [0.1, 0.15) is 10.3 Å². The number of nitrogens with zero attached hydrogens (tertiary/aromatic N) is 1. The Hall–Kier alpha value is -0.880. The molecule has 2 rings (SSSR count). The molecule has 118 valence electrons. The van der Waals surface area contributed by atoms with Crippen molar-refractivity contribution in [3.8, 4) is 0 Å². The summed E-state index contributed by atoms with van der Waals surface area (Å²) in [4.78, 5) is 10.6. The lowest BCUT2D eigenvalue weighted by molar-refractivity contribution is -0.117. The standard InChI is InChI=1S/C14H12Cl3NO3S/c1-8-10(15)11(12(16)14(2,17)13(8)19)18-22(20,21)9-6-4-3-5-7-9/h3-7,12H,1-2H3/b18-11+. The fourth-order valence-electron chi connectivity index (χ4n) is 2.00. The van der Waals surface area contributed by atoms with E-state index in [1.807, 2.05) is 0 Å². The van der Waals surface area contributed by atoms with Crippen LogP contribution in [0.25, 0.3) is 0 Å². The van der Waals surface area contributed by atoms with Crippen LogP contribution in [0.2, 0.25) is 0 Å². The summed E-state index contributed by atoms with van der Waals surface area (Å²) in [7, 11) is -4.00. The van der Waals surface area contributed by atoms with Crippen LogP contribution in [-0.2, 0) is 14.8 Å². The van der Waals surface area contributed by atoms with Gasteiger partial charge in [-0.2, -0.15) is 12.8 Å². The topological polar surface area (TPSA) is 63.6 Å². The molecule has 0 heterocycles. The van der Waals surface area contributed by atoms with Crippen LogP contribution in [0.1, 0.15) is 13.8 Å². The Labute approximate surface area is 143 Å². The minimum Gasteiger partial charge on any atom is -0.292 e. The summed E-state index contributed by atoms with van der Waals surface area (Å²) < 4.78 is 28.4. The van der Waals surface area contributed by atoms with Crippen LogP contribution in [0, 0.1) is 0 Å². The lowest BCUT2D eigenvalue weighted by atomic mass is 9.87. The van der Waals surface area contributed by atoms with Gasteiger partial charge in [0.25, 0.3) is 10.0 Å². The second-order valence-corrected chi connectivity index (χ2v) is 8.17. The van der Waals surface area contributed by atoms with E-state index in [-0.39, 0.29) is 21.2 Å². The molecule has 0 amide bonds. The molecule has 0 fully saturated rings. The van der Waals surface area contributed by atoms with Gasteiger partial charge in [0.2, 0.25) is 0 Å². The first-order valence-electron chi connectivity index (χ1n) is 6.23. The number of benzene rings is 1. The Balaban J connectivity index is 2.63. The fraction of sp³-hybridized carbons (Fsp3) is 0.286. The van der Waals surface area contributed by atoms with Crippen LogP contribution >= 0.6 is 34.8 Å². The molecule has 0 bridgehead atoms. The maximum atomic E-state index is 12.3. The van der Waals surface area contributed by atoms with Crippen LogP contribution in [0.5, 0.6) is 0 Å². The zero-order valence-electron chi connectivity index (χ0n) is 11.7. The highest BCUT2D eigenvalue weighted by Gasteiger charge is 2.48. The van der Waals surface area contributed by atoms with Gasteiger partial charge in [-0.25, -0.2) is 0 Å². The molecule has 1 aromatic rings. The number of sulfonamides is 1. The van der Waals surface area contributed by atoms with Gasteiger partial charge in [0.05, 0.1) is 15.6 Å². The average molecular weight is 381 g/mol. The van der Waals surface area contributed by atoms with Gasteiger partial charge in [-0.05, 0) is 26.0 Å². The molecule has 0 N–H and O–H groups in total. The molecule has 0 saturated carbocycles. The number of carbonyl (C=O) groups excluding carboxylic acids is 1. The number of hydrogen-bond acceptors (Lipinski definition) is 3. The van der Waals surface area contributed by atoms with Crippen LogP contribution in [0.15, 0.2) is 50.2 Å². The maximum absolute atomic E-state index is 12.3. The summed E-state index contributed by atoms with van der Waals surface area (Å²) in [5.74, 6) is -0.449. The summed E-state index contributed by atoms with van der Waals surface area (Å²) >= 11 is 18.4. The number of rotatable bonds is 2. The minimum absolute atomic E-state index is 0.00154. The van der Waals surface area contributed by atoms with Crippen LogP contribution in [-0.4, -0.2) is 30.2 Å². The molecule has 0 aromatic heterocycles. The minimum atomic E-state index is -4.00. The van der Waals surface area contributed by atoms with Gasteiger partial charge in [-0.15, -0.1) is 23.2 Å². The van der Waals surface area contributed by atoms with Crippen molar-refractivity contribution >= 4 is 56.3 Å². The number of allylic oxidation sites excluding steroid dienone is 2. The molecule has 8 heteroatoms. The van der Waals surface area contributed by atoms with Gasteiger partial charge >= 0.3 is 0 Å². The van der Waals surface area contributed by atoms with Gasteiger partial charge in [0, 0.05) is 5.57 Å². The molecule has 0 aliphatic heterocycles. The fourth-order valence-corrected chi connectivity index (χ4v) is 3.97. The van der Waals surface area contributed by atoms with Crippen molar-refractivity contribution in [2.75, 3.05) is 0 Å². The average Bonchev–Trinajstić information content (AvgIpc) is 2.49. The smallest absolute Gasteiger partial charge is 0.282 e. The normalized spacial score (nSPS) is 28.3. The Morgan fingerprint density at radius 2 is 1.77 bits per heavy atom. The molecule has 2 unspecified atom stereocenters. The van der Waals surface area contributed by atoms with Crippen molar-refractivity contribution in [1.29, 1.82) is 0 Å². The first-order valence-corrected chi connectivity index (χ1v) is 8.86. The zero-order chi connectivity index (χ0) is 16.7. The molecular formula is C14H12Cl3NO3S. The van der Waals surface area contributed by atoms with Crippen molar-refractivity contribution in [1.82, 2.24) is 0 Å². The van der Waals surface area contributed by atoms with E-state index >= 15 is 0 Å². The Kier molecular flexibility index (Phi) is 4.74. The molecule has 1 aromatic carbocycles. The van der Waals surface area contributed by atoms with E-state index < -0.39 is 26.1 Å². The summed E-state index contributed by atoms with van der Waals surface area (Å²) in [5, 5.41) is -1.24. The molecule has 4 nitrogen and oxygen atoms in total. The van der Waals surface area contributed by atoms with Gasteiger partial charge in [-0.3, -0.25) is 4.79 Å². The van der Waals surface area contributed by atoms with Crippen molar-refractivity contribution in [2.45, 2.75) is 29.0 Å². The van der Waals surface area contributed by atoms with E-state index in [1.165, 1.54) is 26.0 Å². The highest BCUT2D eigenvalue weighted by Crippen LogP contribution is 2.38. The molecule has 2 atom stereocenters. The maximum Gasteiger partial charge on any atom is 0.282 e. The lowest BCUT2D eigenvalue weighted by Crippen LogP contribution is -2.48. The van der Waals surface area contributed by atoms with Crippen LogP contribution < -0.4 is 0 Å². The highest BCUT2D eigenvalue weighted by atomic mass is 35.5. The molecular weight excluding hydrogens is 369 g/mol. The molecule has 0 saturated heterocycles. The van der Waals surface area contributed by atoms with Crippen molar-refractivity contribution < 1.29 is 13.2 Å². The molecule has 0 spiro atoms. The first kappa shape index (κ1) is 17.5. The van der Waals surface area contributed by atoms with Crippen molar-refractivity contribution in [3.05, 3.63) is 40.9 Å². The number of halogens is 3. The van der Waals surface area contributed by atoms with Gasteiger partial charge in [-0.1, -0.05) is 29.8 Å². The van der Waals surface area contributed by atoms with E-state index in [0.29, 0.717) is 0 Å². The third-order valence-corrected chi connectivity index (χ3v) is 6.24. The van der Waals surface area contributed by atoms with Crippen molar-refractivity contribution in [2.24, 2.45) is 4.40 Å². The Bertz CT molecular complexity index is 783. The molecule has 22 heavy (non-hydrogen) atoms. The van der Waals surface area contributed by atoms with E-state index in [0.717, 1.165) is 0 Å². The third-order valence-electron chi connectivity index (χ3n) is 3.31. The molecule has 0 radical (unpaired) electrons. The van der Waals surface area contributed by atoms with Crippen LogP contribution in [0.4, 0.5) is 0 Å². The summed E-state index contributed by atoms with van der Waals surface area (Å²) in [6.07, 6.45) is 0. The Morgan fingerprint density at radius 3 is 2.32 bits per heavy atom. The predicted molar refractivity (Wildman–Crippen MR) is 88.5 cm³/mol. The van der Waals surface area contributed by atoms with E-state index in [4.69, 9.17) is 34.8 Å². The second kappa shape index (κ2) is 5.96. The zero-order valence-corrected chi connectivity index (χ0v) is 14.8. The third kappa shape index (κ3) is 2.95. The first-order chi connectivity index (χ1) is 10.1.